The van der Waals surface area contributed by atoms with Crippen LogP contribution in [0.25, 0.3) is 0 Å². The first-order chi connectivity index (χ1) is 9.47. The van der Waals surface area contributed by atoms with Crippen molar-refractivity contribution in [2.45, 2.75) is 31.7 Å². The predicted molar refractivity (Wildman–Crippen MR) is 84.7 cm³/mol. The summed E-state index contributed by atoms with van der Waals surface area (Å²) in [5, 5.41) is 0. The Hall–Kier alpha value is -1.32. The van der Waals surface area contributed by atoms with Crippen molar-refractivity contribution in [3.05, 3.63) is 64.5 Å². The Bertz CT molecular complexity index is 569. The predicted octanol–water partition coefficient (Wildman–Crippen LogP) is 4.54. The van der Waals surface area contributed by atoms with Gasteiger partial charge in [0.05, 0.1) is 0 Å². The largest absolute Gasteiger partial charge is 0.323 e. The van der Waals surface area contributed by atoms with Gasteiger partial charge in [-0.3, -0.25) is 0 Å². The van der Waals surface area contributed by atoms with Gasteiger partial charge in [0.2, 0.25) is 0 Å². The van der Waals surface area contributed by atoms with Gasteiger partial charge in [-0.1, -0.05) is 23.8 Å². The normalized spacial score (nSPS) is 12.4. The number of rotatable bonds is 4. The van der Waals surface area contributed by atoms with Crippen molar-refractivity contribution in [3.63, 3.8) is 0 Å². The molecule has 2 N–H and O–H groups in total. The second kappa shape index (κ2) is 6.42. The average Bonchev–Trinajstić information content (AvgIpc) is 2.37. The number of nitrogens with two attached hydrogens (primary N) is 1. The van der Waals surface area contributed by atoms with E-state index in [1.165, 1.54) is 5.56 Å². The van der Waals surface area contributed by atoms with Gasteiger partial charge in [0.1, 0.15) is 5.82 Å². The molecular formula is C17H20FNS. The number of halogens is 1. The fourth-order valence-corrected chi connectivity index (χ4v) is 3.17. The van der Waals surface area contributed by atoms with E-state index in [4.69, 9.17) is 5.73 Å². The summed E-state index contributed by atoms with van der Waals surface area (Å²) in [6.07, 6.45) is 0. The van der Waals surface area contributed by atoms with Crippen molar-refractivity contribution in [3.8, 4) is 0 Å². The van der Waals surface area contributed by atoms with Crippen molar-refractivity contribution in [1.82, 2.24) is 0 Å². The van der Waals surface area contributed by atoms with Crippen molar-refractivity contribution >= 4 is 11.8 Å². The van der Waals surface area contributed by atoms with Crippen molar-refractivity contribution in [2.24, 2.45) is 5.73 Å². The van der Waals surface area contributed by atoms with Crippen LogP contribution >= 0.6 is 11.8 Å². The molecule has 0 saturated carbocycles. The SMILES string of the molecule is Cc1ccc(SCC(N)c2c(C)cc(C)cc2F)cc1. The van der Waals surface area contributed by atoms with Crippen molar-refractivity contribution in [2.75, 3.05) is 5.75 Å². The number of aryl methyl sites for hydroxylation is 3. The molecular weight excluding hydrogens is 269 g/mol. The molecule has 0 saturated heterocycles. The van der Waals surface area contributed by atoms with Gasteiger partial charge in [-0.05, 0) is 50.1 Å². The third kappa shape index (κ3) is 3.62. The molecule has 1 nitrogen and oxygen atoms in total. The van der Waals surface area contributed by atoms with E-state index in [0.29, 0.717) is 11.3 Å². The zero-order chi connectivity index (χ0) is 14.7. The molecule has 20 heavy (non-hydrogen) atoms. The molecule has 0 spiro atoms. The molecule has 2 aromatic rings. The molecule has 0 aromatic heterocycles. The second-order valence-corrected chi connectivity index (χ2v) is 6.30. The third-order valence-electron chi connectivity index (χ3n) is 3.30. The molecule has 106 valence electrons. The number of hydrogen-bond acceptors (Lipinski definition) is 2. The molecule has 0 aliphatic carbocycles. The van der Waals surface area contributed by atoms with Gasteiger partial charge in [-0.2, -0.15) is 0 Å². The van der Waals surface area contributed by atoms with Gasteiger partial charge in [0.25, 0.3) is 0 Å². The lowest BCUT2D eigenvalue weighted by atomic mass is 10.00. The minimum atomic E-state index is -0.290. The van der Waals surface area contributed by atoms with E-state index >= 15 is 0 Å². The van der Waals surface area contributed by atoms with Crippen LogP contribution in [-0.2, 0) is 0 Å². The van der Waals surface area contributed by atoms with E-state index in [1.807, 2.05) is 19.9 Å². The van der Waals surface area contributed by atoms with Gasteiger partial charge in [0, 0.05) is 22.3 Å². The van der Waals surface area contributed by atoms with E-state index < -0.39 is 0 Å². The van der Waals surface area contributed by atoms with Crippen LogP contribution in [-0.4, -0.2) is 5.75 Å². The Balaban J connectivity index is 2.09. The second-order valence-electron chi connectivity index (χ2n) is 5.21. The fourth-order valence-electron chi connectivity index (χ4n) is 2.30. The summed E-state index contributed by atoms with van der Waals surface area (Å²) < 4.78 is 14.1. The first-order valence-electron chi connectivity index (χ1n) is 6.69. The molecule has 3 heteroatoms. The lowest BCUT2D eigenvalue weighted by Crippen LogP contribution is -2.16. The first-order valence-corrected chi connectivity index (χ1v) is 7.67. The van der Waals surface area contributed by atoms with Crippen LogP contribution in [0.1, 0.15) is 28.3 Å². The van der Waals surface area contributed by atoms with Gasteiger partial charge >= 0.3 is 0 Å². The topological polar surface area (TPSA) is 26.0 Å². The zero-order valence-electron chi connectivity index (χ0n) is 12.1. The summed E-state index contributed by atoms with van der Waals surface area (Å²) in [7, 11) is 0. The lowest BCUT2D eigenvalue weighted by Gasteiger charge is -2.16. The third-order valence-corrected chi connectivity index (χ3v) is 4.43. The Labute approximate surface area is 124 Å². The molecule has 0 heterocycles. The highest BCUT2D eigenvalue weighted by Crippen LogP contribution is 2.27. The van der Waals surface area contributed by atoms with Crippen LogP contribution < -0.4 is 5.73 Å². The summed E-state index contributed by atoms with van der Waals surface area (Å²) in [6.45, 7) is 5.87. The van der Waals surface area contributed by atoms with Crippen LogP contribution in [0.2, 0.25) is 0 Å². The highest BCUT2D eigenvalue weighted by molar-refractivity contribution is 7.99. The van der Waals surface area contributed by atoms with Crippen LogP contribution in [0, 0.1) is 26.6 Å². The van der Waals surface area contributed by atoms with E-state index in [-0.39, 0.29) is 11.9 Å². The molecule has 2 aromatic carbocycles. The summed E-state index contributed by atoms with van der Waals surface area (Å²) in [5.74, 6) is 0.476. The van der Waals surface area contributed by atoms with Gasteiger partial charge in [0.15, 0.2) is 0 Å². The zero-order valence-corrected chi connectivity index (χ0v) is 12.9. The summed E-state index contributed by atoms with van der Waals surface area (Å²) in [6, 6.07) is 11.5. The number of thioether (sulfide) groups is 1. The smallest absolute Gasteiger partial charge is 0.128 e. The highest BCUT2D eigenvalue weighted by atomic mass is 32.2. The van der Waals surface area contributed by atoms with Crippen molar-refractivity contribution < 1.29 is 4.39 Å². The van der Waals surface area contributed by atoms with E-state index in [0.717, 1.165) is 16.0 Å². The Kier molecular flexibility index (Phi) is 4.84. The van der Waals surface area contributed by atoms with Crippen LogP contribution in [0.4, 0.5) is 4.39 Å². The maximum Gasteiger partial charge on any atom is 0.128 e. The number of hydrogen-bond donors (Lipinski definition) is 1. The quantitative estimate of drug-likeness (QED) is 0.836. The summed E-state index contributed by atoms with van der Waals surface area (Å²) in [5.41, 5.74) is 9.90. The van der Waals surface area contributed by atoms with Gasteiger partial charge in [-0.15, -0.1) is 11.8 Å². The summed E-state index contributed by atoms with van der Waals surface area (Å²) >= 11 is 1.66. The standard InChI is InChI=1S/C17H20FNS/c1-11-4-6-14(7-5-11)20-10-16(19)17-13(3)8-12(2)9-15(17)18/h4-9,16H,10,19H2,1-3H3. The maximum absolute atomic E-state index is 14.1. The minimum absolute atomic E-state index is 0.195. The minimum Gasteiger partial charge on any atom is -0.323 e. The van der Waals surface area contributed by atoms with Crippen LogP contribution in [0.3, 0.4) is 0 Å². The molecule has 0 aliphatic rings. The Morgan fingerprint density at radius 2 is 1.70 bits per heavy atom. The average molecular weight is 289 g/mol. The molecule has 0 radical (unpaired) electrons. The molecule has 0 aliphatic heterocycles. The van der Waals surface area contributed by atoms with Crippen molar-refractivity contribution in [1.29, 1.82) is 0 Å². The lowest BCUT2D eigenvalue weighted by molar-refractivity contribution is 0.591. The molecule has 1 atom stereocenters. The fraction of sp³-hybridized carbons (Fsp3) is 0.294. The highest BCUT2D eigenvalue weighted by Gasteiger charge is 2.15. The Morgan fingerprint density at radius 1 is 1.05 bits per heavy atom. The van der Waals surface area contributed by atoms with Gasteiger partial charge in [-0.25, -0.2) is 4.39 Å². The molecule has 2 rings (SSSR count). The first kappa shape index (κ1) is 15.1. The summed E-state index contributed by atoms with van der Waals surface area (Å²) in [4.78, 5) is 1.16. The monoisotopic (exact) mass is 289 g/mol. The van der Waals surface area contributed by atoms with Gasteiger partial charge < -0.3 is 5.73 Å². The van der Waals surface area contributed by atoms with E-state index in [9.17, 15) is 4.39 Å². The number of benzene rings is 2. The maximum atomic E-state index is 14.1. The molecule has 0 fully saturated rings. The van der Waals surface area contributed by atoms with Crippen LogP contribution in [0.15, 0.2) is 41.3 Å². The Morgan fingerprint density at radius 3 is 2.30 bits per heavy atom. The molecule has 0 bridgehead atoms. The van der Waals surface area contributed by atoms with Crippen LogP contribution in [0.5, 0.6) is 0 Å². The van der Waals surface area contributed by atoms with E-state index in [2.05, 4.69) is 31.2 Å². The van der Waals surface area contributed by atoms with E-state index in [1.54, 1.807) is 17.8 Å². The molecule has 0 amide bonds. The molecule has 1 unspecified atom stereocenters.